The highest BCUT2D eigenvalue weighted by Gasteiger charge is 2.55. The van der Waals surface area contributed by atoms with Gasteiger partial charge in [-0.05, 0) is 120 Å². The third-order valence-corrected chi connectivity index (χ3v) is 25.7. The molecule has 6 aromatic rings. The predicted molar refractivity (Wildman–Crippen MR) is 360 cm³/mol. The minimum absolute atomic E-state index is 0.0250. The van der Waals surface area contributed by atoms with E-state index in [9.17, 15) is 80.3 Å². The molecule has 1 aromatic heterocycles. The molecule has 1 spiro atoms. The van der Waals surface area contributed by atoms with Crippen molar-refractivity contribution in [3.05, 3.63) is 199 Å². The van der Waals surface area contributed by atoms with Crippen LogP contribution in [0.3, 0.4) is 0 Å². The lowest BCUT2D eigenvalue weighted by Crippen LogP contribution is -2.34. The molecule has 104 heavy (non-hydrogen) atoms. The van der Waals surface area contributed by atoms with Crippen LogP contribution in [0.5, 0.6) is 23.0 Å². The van der Waals surface area contributed by atoms with Gasteiger partial charge in [0.2, 0.25) is 11.6 Å². The molecule has 8 atom stereocenters. The van der Waals surface area contributed by atoms with Crippen LogP contribution < -0.4 is 60.3 Å². The molecule has 5 aliphatic heterocycles. The largest absolute Gasteiger partial charge is 0.778 e. The average Bonchev–Trinajstić information content (AvgIpc) is 1.40. The van der Waals surface area contributed by atoms with Crippen LogP contribution in [0.15, 0.2) is 153 Å². The molecule has 6 heterocycles. The van der Waals surface area contributed by atoms with Crippen LogP contribution in [-0.2, 0) is 87.9 Å². The van der Waals surface area contributed by atoms with Gasteiger partial charge < -0.3 is 72.7 Å². The Kier molecular flexibility index (Phi) is 22.4. The Morgan fingerprint density at radius 3 is 2.30 bits per heavy atom. The maximum atomic E-state index is 13.9. The number of carbonyl (C=O) groups is 2. The molecule has 1 saturated heterocycles. The van der Waals surface area contributed by atoms with Crippen LogP contribution in [0.2, 0.25) is 0 Å². The molecule has 38 heteroatoms. The lowest BCUT2D eigenvalue weighted by atomic mass is 9.77. The Hall–Kier alpha value is -7.49. The summed E-state index contributed by atoms with van der Waals surface area (Å²) in [5.41, 5.74) is 1.49. The molecule has 32 nitrogen and oxygen atoms in total. The zero-order valence-electron chi connectivity index (χ0n) is 56.4. The maximum Gasteiger partial charge on any atom is 0.340 e. The number of hydrogen-bond donors (Lipinski definition) is 3. The summed E-state index contributed by atoms with van der Waals surface area (Å²) in [5.74, 6) is -1.97. The molecular weight excluding hydrogens is 1480 g/mol. The Morgan fingerprint density at radius 2 is 1.57 bits per heavy atom. The van der Waals surface area contributed by atoms with Crippen molar-refractivity contribution >= 4 is 82.2 Å². The van der Waals surface area contributed by atoms with E-state index < -0.39 is 112 Å². The number of H-pyrrole nitrogens is 1. The first-order chi connectivity index (χ1) is 48.9. The first-order valence-corrected chi connectivity index (χ1v) is 40.5. The molecule has 3 N–H and O–H groups in total. The second-order valence-corrected chi connectivity index (χ2v) is 34.1. The topological polar surface area (TPSA) is 461 Å². The van der Waals surface area contributed by atoms with Gasteiger partial charge in [0, 0.05) is 106 Å². The number of fused-ring (bicyclic) bond motifs is 8. The number of likely N-dealkylation sites (N-methyl/N-ethyl adjacent to an activating group) is 1. The number of aromatic nitrogens is 2. The summed E-state index contributed by atoms with van der Waals surface area (Å²) < 4.78 is 137. The van der Waals surface area contributed by atoms with E-state index in [0.29, 0.717) is 48.4 Å². The number of aliphatic hydroxyl groups excluding tert-OH is 1. The van der Waals surface area contributed by atoms with E-state index in [1.54, 1.807) is 49.4 Å². The summed E-state index contributed by atoms with van der Waals surface area (Å²) in [4.78, 5) is 108. The number of phosphoric acid groups is 3. The zero-order valence-corrected chi connectivity index (χ0v) is 61.6. The van der Waals surface area contributed by atoms with Crippen molar-refractivity contribution in [2.75, 3.05) is 30.8 Å². The molecule has 1 fully saturated rings. The number of aryl methyl sites for hydroxylation is 1. The second kappa shape index (κ2) is 30.0. The van der Waals surface area contributed by atoms with Gasteiger partial charge in [0.05, 0.1) is 58.8 Å². The third-order valence-electron chi connectivity index (χ3n) is 18.1. The Morgan fingerprint density at radius 1 is 0.837 bits per heavy atom. The number of aromatic amines is 1. The van der Waals surface area contributed by atoms with Gasteiger partial charge in [0.15, 0.2) is 11.3 Å². The average molecular weight is 1550 g/mol. The van der Waals surface area contributed by atoms with Gasteiger partial charge in [-0.15, -0.1) is 0 Å². The quantitative estimate of drug-likeness (QED) is 0.00503. The lowest BCUT2D eigenvalue weighted by Gasteiger charge is -2.38. The first-order valence-electron chi connectivity index (χ1n) is 32.2. The fourth-order valence-electron chi connectivity index (χ4n) is 13.5. The van der Waals surface area contributed by atoms with Gasteiger partial charge in [-0.1, -0.05) is 50.3 Å². The number of allylic oxidation sites excluding steroid dienone is 6. The third kappa shape index (κ3) is 16.1. The molecule has 0 aliphatic carbocycles. The van der Waals surface area contributed by atoms with Gasteiger partial charge >= 0.3 is 19.5 Å². The highest BCUT2D eigenvalue weighted by atomic mass is 32.2. The summed E-state index contributed by atoms with van der Waals surface area (Å²) in [7, 11) is -30.3. The molecule has 0 radical (unpaired) electrons. The molecule has 5 aromatic carbocycles. The number of anilines is 1. The van der Waals surface area contributed by atoms with Crippen molar-refractivity contribution in [2.24, 2.45) is 0 Å². The number of carbonyl (C=O) groups excluding carboxylic acids is 2. The van der Waals surface area contributed by atoms with E-state index in [2.05, 4.69) is 50.9 Å². The highest BCUT2D eigenvalue weighted by molar-refractivity contribution is 7.94. The molecule has 556 valence electrons. The smallest absolute Gasteiger partial charge is 0.340 e. The summed E-state index contributed by atoms with van der Waals surface area (Å²) >= 11 is 0.768. The molecule has 1 amide bonds. The number of ether oxygens (including phenoxy) is 4. The Bertz CT molecular complexity index is 5020. The molecular formula is C66H68N5O27P4S2-5. The van der Waals surface area contributed by atoms with E-state index >= 15 is 0 Å². The highest BCUT2D eigenvalue weighted by Crippen LogP contribution is 2.67. The van der Waals surface area contributed by atoms with Crippen LogP contribution in [0.1, 0.15) is 129 Å². The fraction of sp³-hybridized carbons (Fsp3) is 0.348. The SMILES string of the molecule is CCOc1ccc2c(c1CNC(=O)CCCCC[N+]1=C(/C=C/C=C/C=C3/N(CC)c4ccc(S(=O)(=O)[O-])cc4C3(C)C)C(C)(C)c3cc(SOO[O-])ccc31)Oc1cc(OP(=O)([O-])OP(=O)([O-])OP(=O)([O-])OP(=O)([O-])CC3OC(n4cc(C)c(=O)[nH]c4=O)C[C@@H]3O)ccc1C21OC(=O)c2ccccc21. The number of aliphatic hydroxyl groups is 1. The number of nitrogens with zero attached hydrogens (tertiary/aromatic N) is 3. The standard InChI is InChI=1S/C66H73N5O27P4S2/c1-8-69-50-29-25-42(104(86,87)88)34-49(50)65(6,7)56(69)20-12-10-13-21-57-64(4,5)48-33-41(103-95-94-77)24-28-51(48)70(57)31-17-11-14-22-58(73)67-36-44-53(89-9-2)30-27-47-60(44)91-54-32-40(23-26-46(54)66(47)45-19-16-15-18-43(45)62(75)92-66)93-100(80,81)97-102(84,85)98-101(82,83)96-99(78,79)38-55-52(72)35-59(90-55)71-37-39(3)61(74)68-63(71)76/h10,12-13,15-16,18-21,23-30,32-34,37,52,55,59,72H,8-9,11,14,17,22,31,35-36,38H2,1-7H3,(H7-,67,68,73,74,76,77,78,79,80,81,82,83,84,85,86,87,88)/p-5/t52-,55?,59?,66?/m0/s1. The van der Waals surface area contributed by atoms with Crippen LogP contribution in [0.25, 0.3) is 0 Å². The number of benzene rings is 5. The van der Waals surface area contributed by atoms with Gasteiger partial charge in [0.1, 0.15) is 53.5 Å². The minimum atomic E-state index is -6.73. The van der Waals surface area contributed by atoms with Crippen molar-refractivity contribution < 1.29 is 121 Å². The number of unbranched alkanes of at least 4 members (excludes halogenated alkanes) is 2. The number of amides is 1. The van der Waals surface area contributed by atoms with Crippen molar-refractivity contribution in [3.63, 3.8) is 0 Å². The second-order valence-electron chi connectivity index (χ2n) is 25.6. The first kappa shape index (κ1) is 77.6. The van der Waals surface area contributed by atoms with Crippen molar-refractivity contribution in [3.8, 4) is 23.0 Å². The summed E-state index contributed by atoms with van der Waals surface area (Å²) in [6.45, 7) is 14.1. The van der Waals surface area contributed by atoms with E-state index in [-0.39, 0.29) is 75.4 Å². The predicted octanol–water partition coefficient (Wildman–Crippen LogP) is 6.75. The fourth-order valence-corrected chi connectivity index (χ4v) is 19.9. The number of hydrogen-bond acceptors (Lipinski definition) is 29. The van der Waals surface area contributed by atoms with Crippen molar-refractivity contribution in [1.29, 1.82) is 0 Å². The summed E-state index contributed by atoms with van der Waals surface area (Å²) in [6, 6.07) is 22.8. The van der Waals surface area contributed by atoms with E-state index in [1.807, 2.05) is 68.3 Å². The lowest BCUT2D eigenvalue weighted by molar-refractivity contribution is -0.777. The molecule has 11 rings (SSSR count). The van der Waals surface area contributed by atoms with Crippen molar-refractivity contribution in [1.82, 2.24) is 14.9 Å². The van der Waals surface area contributed by atoms with Crippen LogP contribution in [-0.4, -0.2) is 87.9 Å². The van der Waals surface area contributed by atoms with Crippen LogP contribution >= 0.6 is 43.1 Å². The van der Waals surface area contributed by atoms with E-state index in [4.69, 9.17) is 23.5 Å². The number of nitrogens with one attached hydrogen (secondary N) is 2. The zero-order chi connectivity index (χ0) is 75.3. The monoisotopic (exact) mass is 1550 g/mol. The van der Waals surface area contributed by atoms with E-state index in [1.165, 1.54) is 31.2 Å². The Balaban J connectivity index is 0.770. The van der Waals surface area contributed by atoms with Gasteiger partial charge in [-0.25, -0.2) is 26.6 Å². The molecule has 0 bridgehead atoms. The van der Waals surface area contributed by atoms with E-state index in [0.717, 1.165) is 63.3 Å². The van der Waals surface area contributed by atoms with Crippen LogP contribution in [0.4, 0.5) is 11.4 Å². The van der Waals surface area contributed by atoms with Gasteiger partial charge in [-0.2, -0.15) is 8.91 Å². The summed E-state index contributed by atoms with van der Waals surface area (Å²) in [6.07, 6.45) is 5.67. The molecule has 0 saturated carbocycles. The maximum absolute atomic E-state index is 13.9. The van der Waals surface area contributed by atoms with Crippen molar-refractivity contribution in [2.45, 2.75) is 132 Å². The number of phosphoric ester groups is 1. The normalized spacial score (nSPS) is 21.9. The summed E-state index contributed by atoms with van der Waals surface area (Å²) in [5, 5.41) is 27.9. The minimum Gasteiger partial charge on any atom is -0.778 e. The number of esters is 1. The van der Waals surface area contributed by atoms with Gasteiger partial charge in [0.25, 0.3) is 21.2 Å². The van der Waals surface area contributed by atoms with Crippen LogP contribution in [0, 0.1) is 6.92 Å². The molecule has 7 unspecified atom stereocenters. The molecule has 5 aliphatic rings. The Labute approximate surface area is 599 Å². The number of rotatable bonds is 29. The van der Waals surface area contributed by atoms with Gasteiger partial charge in [-0.3, -0.25) is 42.2 Å².